The number of hydrogen-bond acceptors (Lipinski definition) is 3. The van der Waals surface area contributed by atoms with Crippen molar-refractivity contribution in [2.45, 2.75) is 36.3 Å². The summed E-state index contributed by atoms with van der Waals surface area (Å²) in [5, 5.41) is -0.348. The third-order valence-electron chi connectivity index (χ3n) is 3.22. The summed E-state index contributed by atoms with van der Waals surface area (Å²) in [6.45, 7) is 1.45. The van der Waals surface area contributed by atoms with Crippen molar-refractivity contribution in [3.63, 3.8) is 0 Å². The third-order valence-corrected chi connectivity index (χ3v) is 5.65. The van der Waals surface area contributed by atoms with E-state index in [0.717, 1.165) is 12.8 Å². The zero-order chi connectivity index (χ0) is 11.6. The van der Waals surface area contributed by atoms with Crippen molar-refractivity contribution in [2.75, 3.05) is 19.8 Å². The molecule has 0 bridgehead atoms. The normalized spacial score (nSPS) is 25.6. The lowest BCUT2D eigenvalue weighted by molar-refractivity contribution is 0.0981. The summed E-state index contributed by atoms with van der Waals surface area (Å²) in [5.41, 5.74) is 0. The third kappa shape index (κ3) is 3.32. The molecule has 0 aromatic rings. The van der Waals surface area contributed by atoms with Crippen LogP contribution in [-0.2, 0) is 14.8 Å². The predicted octanol–water partition coefficient (Wildman–Crippen LogP) is 1.10. The lowest BCUT2D eigenvalue weighted by Gasteiger charge is -2.23. The van der Waals surface area contributed by atoms with E-state index >= 15 is 0 Å². The molecule has 1 saturated carbocycles. The van der Waals surface area contributed by atoms with Crippen LogP contribution in [0.2, 0.25) is 0 Å². The second-order valence-electron chi connectivity index (χ2n) is 4.56. The smallest absolute Gasteiger partial charge is 0.214 e. The molecule has 16 heavy (non-hydrogen) atoms. The molecule has 1 N–H and O–H groups in total. The van der Waals surface area contributed by atoms with Gasteiger partial charge in [0.2, 0.25) is 10.0 Å². The highest BCUT2D eigenvalue weighted by Gasteiger charge is 2.32. The van der Waals surface area contributed by atoms with E-state index in [9.17, 15) is 8.42 Å². The molecule has 0 spiro atoms. The molecule has 2 fully saturated rings. The molecule has 2 aliphatic rings. The molecule has 0 radical (unpaired) electrons. The number of alkyl halides is 1. The van der Waals surface area contributed by atoms with Gasteiger partial charge in [-0.2, -0.15) is 0 Å². The van der Waals surface area contributed by atoms with Crippen LogP contribution in [0.3, 0.4) is 0 Å². The van der Waals surface area contributed by atoms with Gasteiger partial charge in [0.25, 0.3) is 0 Å². The van der Waals surface area contributed by atoms with Crippen LogP contribution in [-0.4, -0.2) is 38.8 Å². The first kappa shape index (κ1) is 12.6. The molecular formula is C10H18ClNO3S. The Morgan fingerprint density at radius 1 is 1.25 bits per heavy atom. The molecule has 2 rings (SSSR count). The standard InChI is InChI=1S/C10H18ClNO3S/c11-10(8-1-2-8)7-12-16(13,14)9-3-5-15-6-4-9/h8-10,12H,1-7H2. The fourth-order valence-corrected chi connectivity index (χ4v) is 3.81. The molecule has 1 aliphatic heterocycles. The molecular weight excluding hydrogens is 250 g/mol. The van der Waals surface area contributed by atoms with Gasteiger partial charge in [-0.05, 0) is 31.6 Å². The number of ether oxygens (including phenoxy) is 1. The predicted molar refractivity (Wildman–Crippen MR) is 63.1 cm³/mol. The highest BCUT2D eigenvalue weighted by molar-refractivity contribution is 7.90. The van der Waals surface area contributed by atoms with Gasteiger partial charge in [0.15, 0.2) is 0 Å². The van der Waals surface area contributed by atoms with Crippen LogP contribution in [0.5, 0.6) is 0 Å². The van der Waals surface area contributed by atoms with E-state index in [4.69, 9.17) is 16.3 Å². The fourth-order valence-electron chi connectivity index (χ4n) is 1.92. The minimum atomic E-state index is -3.20. The molecule has 4 nitrogen and oxygen atoms in total. The van der Waals surface area contributed by atoms with Gasteiger partial charge in [0, 0.05) is 25.1 Å². The molecule has 6 heteroatoms. The van der Waals surface area contributed by atoms with E-state index < -0.39 is 10.0 Å². The first-order valence-electron chi connectivity index (χ1n) is 5.80. The quantitative estimate of drug-likeness (QED) is 0.759. The van der Waals surface area contributed by atoms with E-state index in [0.29, 0.717) is 38.5 Å². The van der Waals surface area contributed by atoms with Gasteiger partial charge in [0.1, 0.15) is 0 Å². The van der Waals surface area contributed by atoms with Crippen LogP contribution < -0.4 is 4.72 Å². The van der Waals surface area contributed by atoms with Crippen molar-refractivity contribution < 1.29 is 13.2 Å². The second kappa shape index (κ2) is 5.21. The summed E-state index contributed by atoms with van der Waals surface area (Å²) < 4.78 is 31.6. The van der Waals surface area contributed by atoms with Crippen molar-refractivity contribution >= 4 is 21.6 Å². The molecule has 0 amide bonds. The molecule has 0 aromatic carbocycles. The van der Waals surface area contributed by atoms with Gasteiger partial charge in [-0.1, -0.05) is 0 Å². The molecule has 1 atom stereocenters. The van der Waals surface area contributed by atoms with Gasteiger partial charge in [-0.25, -0.2) is 13.1 Å². The molecule has 1 heterocycles. The molecule has 0 aromatic heterocycles. The van der Waals surface area contributed by atoms with Crippen molar-refractivity contribution in [1.82, 2.24) is 4.72 Å². The summed E-state index contributed by atoms with van der Waals surface area (Å²) in [4.78, 5) is 0. The van der Waals surface area contributed by atoms with E-state index in [1.54, 1.807) is 0 Å². The first-order chi connectivity index (χ1) is 7.59. The summed E-state index contributed by atoms with van der Waals surface area (Å²) in [6.07, 6.45) is 3.44. The topological polar surface area (TPSA) is 55.4 Å². The Bertz CT molecular complexity index is 323. The summed E-state index contributed by atoms with van der Waals surface area (Å²) in [6, 6.07) is 0. The minimum Gasteiger partial charge on any atom is -0.381 e. The van der Waals surface area contributed by atoms with Crippen molar-refractivity contribution in [3.8, 4) is 0 Å². The Labute approximate surface area is 102 Å². The van der Waals surface area contributed by atoms with Gasteiger partial charge in [-0.3, -0.25) is 0 Å². The maximum Gasteiger partial charge on any atom is 0.214 e. The highest BCUT2D eigenvalue weighted by Crippen LogP contribution is 2.35. The monoisotopic (exact) mass is 267 g/mol. The van der Waals surface area contributed by atoms with E-state index in [2.05, 4.69) is 4.72 Å². The zero-order valence-corrected chi connectivity index (χ0v) is 10.8. The maximum absolute atomic E-state index is 11.9. The van der Waals surface area contributed by atoms with Crippen LogP contribution in [0, 0.1) is 5.92 Å². The lowest BCUT2D eigenvalue weighted by Crippen LogP contribution is -2.40. The largest absolute Gasteiger partial charge is 0.381 e. The van der Waals surface area contributed by atoms with E-state index in [-0.39, 0.29) is 10.6 Å². The Hall–Kier alpha value is 0.160. The number of halogens is 1. The number of nitrogens with one attached hydrogen (secondary N) is 1. The highest BCUT2D eigenvalue weighted by atomic mass is 35.5. The fraction of sp³-hybridized carbons (Fsp3) is 1.00. The van der Waals surface area contributed by atoms with Crippen molar-refractivity contribution in [3.05, 3.63) is 0 Å². The number of rotatable bonds is 5. The average molecular weight is 268 g/mol. The lowest BCUT2D eigenvalue weighted by atomic mass is 10.2. The Kier molecular flexibility index (Phi) is 4.11. The summed E-state index contributed by atoms with van der Waals surface area (Å²) in [5.74, 6) is 0.513. The minimum absolute atomic E-state index is 0.0467. The zero-order valence-electron chi connectivity index (χ0n) is 9.19. The van der Waals surface area contributed by atoms with Gasteiger partial charge >= 0.3 is 0 Å². The number of sulfonamides is 1. The van der Waals surface area contributed by atoms with Crippen molar-refractivity contribution in [2.24, 2.45) is 5.92 Å². The van der Waals surface area contributed by atoms with Crippen LogP contribution in [0.25, 0.3) is 0 Å². The SMILES string of the molecule is O=S(=O)(NCC(Cl)C1CC1)C1CCOCC1. The van der Waals surface area contributed by atoms with E-state index in [1.807, 2.05) is 0 Å². The summed E-state index contributed by atoms with van der Waals surface area (Å²) >= 11 is 6.07. The molecule has 94 valence electrons. The van der Waals surface area contributed by atoms with Gasteiger partial charge in [0.05, 0.1) is 5.25 Å². The first-order valence-corrected chi connectivity index (χ1v) is 7.78. The number of hydrogen-bond donors (Lipinski definition) is 1. The Balaban J connectivity index is 1.81. The maximum atomic E-state index is 11.9. The molecule has 1 saturated heterocycles. The van der Waals surface area contributed by atoms with Crippen LogP contribution in [0.15, 0.2) is 0 Å². The second-order valence-corrected chi connectivity index (χ2v) is 7.16. The Morgan fingerprint density at radius 3 is 2.44 bits per heavy atom. The summed E-state index contributed by atoms with van der Waals surface area (Å²) in [7, 11) is -3.20. The van der Waals surface area contributed by atoms with Crippen molar-refractivity contribution in [1.29, 1.82) is 0 Å². The van der Waals surface area contributed by atoms with Gasteiger partial charge in [-0.15, -0.1) is 11.6 Å². The van der Waals surface area contributed by atoms with Crippen LogP contribution in [0.1, 0.15) is 25.7 Å². The van der Waals surface area contributed by atoms with Crippen LogP contribution in [0.4, 0.5) is 0 Å². The Morgan fingerprint density at radius 2 is 1.88 bits per heavy atom. The molecule has 1 aliphatic carbocycles. The average Bonchev–Trinajstić information content (AvgIpc) is 3.11. The molecule has 1 unspecified atom stereocenters. The van der Waals surface area contributed by atoms with Crippen LogP contribution >= 0.6 is 11.6 Å². The van der Waals surface area contributed by atoms with Gasteiger partial charge < -0.3 is 4.74 Å². The van der Waals surface area contributed by atoms with E-state index in [1.165, 1.54) is 0 Å².